The van der Waals surface area contributed by atoms with Gasteiger partial charge in [-0.15, -0.1) is 0 Å². The lowest BCUT2D eigenvalue weighted by atomic mass is 9.84. The summed E-state index contributed by atoms with van der Waals surface area (Å²) in [6, 6.07) is 17.5. The number of nitrogens with zero attached hydrogens (tertiary/aromatic N) is 1. The molecule has 2 N–H and O–H groups in total. The minimum Gasteiger partial charge on any atom is -0.508 e. The number of rotatable bonds is 4. The third-order valence-electron chi connectivity index (χ3n) is 6.95. The second kappa shape index (κ2) is 9.30. The van der Waals surface area contributed by atoms with Crippen molar-refractivity contribution in [1.29, 1.82) is 0 Å². The lowest BCUT2D eigenvalue weighted by Crippen LogP contribution is -2.29. The number of benzene rings is 3. The van der Waals surface area contributed by atoms with E-state index in [0.717, 1.165) is 27.8 Å². The van der Waals surface area contributed by atoms with Gasteiger partial charge in [0.1, 0.15) is 11.5 Å². The smallest absolute Gasteiger partial charge is 0.295 e. The highest BCUT2D eigenvalue weighted by Gasteiger charge is 2.46. The van der Waals surface area contributed by atoms with Gasteiger partial charge in [0.2, 0.25) is 0 Å². The number of carbonyl (C=O) groups excluding carboxylic acids is 2. The van der Waals surface area contributed by atoms with E-state index < -0.39 is 17.7 Å². The first-order valence-electron chi connectivity index (χ1n) is 12.1. The maximum atomic E-state index is 13.5. The number of hydrogen-bond acceptors (Lipinski definition) is 4. The van der Waals surface area contributed by atoms with Gasteiger partial charge in [0.15, 0.2) is 0 Å². The molecule has 4 rings (SSSR count). The summed E-state index contributed by atoms with van der Waals surface area (Å²) >= 11 is 0. The van der Waals surface area contributed by atoms with Crippen LogP contribution in [0.15, 0.2) is 66.2 Å². The number of aliphatic hydroxyl groups is 1. The molecule has 1 unspecified atom stereocenters. The summed E-state index contributed by atoms with van der Waals surface area (Å²) in [5.41, 5.74) is 5.92. The minimum absolute atomic E-state index is 0.0603. The summed E-state index contributed by atoms with van der Waals surface area (Å²) in [5.74, 6) is -1.46. The van der Waals surface area contributed by atoms with Crippen molar-refractivity contribution in [3.8, 4) is 5.75 Å². The Bertz CT molecular complexity index is 1380. The number of hydrogen-bond donors (Lipinski definition) is 2. The van der Waals surface area contributed by atoms with Crippen LogP contribution in [0, 0.1) is 20.8 Å². The predicted molar refractivity (Wildman–Crippen MR) is 142 cm³/mol. The molecule has 1 heterocycles. The number of phenolic OH excluding ortho intramolecular Hbond substituents is 1. The van der Waals surface area contributed by atoms with Gasteiger partial charge in [0, 0.05) is 12.1 Å². The molecule has 3 aromatic carbocycles. The molecule has 5 nitrogen and oxygen atoms in total. The van der Waals surface area contributed by atoms with Gasteiger partial charge in [0.25, 0.3) is 11.7 Å². The van der Waals surface area contributed by atoms with Gasteiger partial charge in [-0.1, -0.05) is 68.8 Å². The molecule has 0 bridgehead atoms. The average Bonchev–Trinajstić information content (AvgIpc) is 3.06. The number of aliphatic hydroxyl groups excluding tert-OH is 1. The Kier molecular flexibility index (Phi) is 6.52. The van der Waals surface area contributed by atoms with Crippen molar-refractivity contribution >= 4 is 17.4 Å². The summed E-state index contributed by atoms with van der Waals surface area (Å²) in [6.45, 7) is 12.3. The van der Waals surface area contributed by atoms with Gasteiger partial charge in [-0.3, -0.25) is 9.59 Å². The number of phenols is 1. The molecule has 1 aliphatic heterocycles. The molecule has 1 fully saturated rings. The third kappa shape index (κ3) is 4.66. The first-order valence-corrected chi connectivity index (χ1v) is 12.1. The highest BCUT2D eigenvalue weighted by atomic mass is 16.3. The zero-order valence-corrected chi connectivity index (χ0v) is 21.7. The zero-order chi connectivity index (χ0) is 26.4. The van der Waals surface area contributed by atoms with Gasteiger partial charge in [-0.25, -0.2) is 0 Å². The molecule has 1 amide bonds. The number of likely N-dealkylation sites (tertiary alicyclic amines) is 1. The molecule has 0 spiro atoms. The van der Waals surface area contributed by atoms with Crippen LogP contribution in [0.3, 0.4) is 0 Å². The van der Waals surface area contributed by atoms with E-state index in [9.17, 15) is 19.8 Å². The quantitative estimate of drug-likeness (QED) is 0.262. The van der Waals surface area contributed by atoms with Crippen LogP contribution >= 0.6 is 0 Å². The second-order valence-electron chi connectivity index (χ2n) is 10.7. The first kappa shape index (κ1) is 25.2. The highest BCUT2D eigenvalue weighted by Crippen LogP contribution is 2.42. The van der Waals surface area contributed by atoms with Crippen molar-refractivity contribution in [2.24, 2.45) is 0 Å². The normalized spacial score (nSPS) is 17.6. The Labute approximate surface area is 212 Å². The van der Waals surface area contributed by atoms with Gasteiger partial charge in [0.05, 0.1) is 11.6 Å². The molecular formula is C31H33NO4. The molecule has 0 aromatic heterocycles. The largest absolute Gasteiger partial charge is 0.508 e. The van der Waals surface area contributed by atoms with Crippen molar-refractivity contribution in [2.75, 3.05) is 0 Å². The van der Waals surface area contributed by atoms with E-state index in [2.05, 4.69) is 20.8 Å². The molecule has 5 heteroatoms. The topological polar surface area (TPSA) is 77.8 Å². The van der Waals surface area contributed by atoms with E-state index in [1.165, 1.54) is 17.0 Å². The lowest BCUT2D eigenvalue weighted by Gasteiger charge is -2.26. The maximum absolute atomic E-state index is 13.5. The molecular weight excluding hydrogens is 450 g/mol. The molecule has 1 aliphatic rings. The number of amides is 1. The molecule has 0 saturated carbocycles. The molecule has 36 heavy (non-hydrogen) atoms. The summed E-state index contributed by atoms with van der Waals surface area (Å²) in [6.07, 6.45) is 0. The fraction of sp³-hybridized carbons (Fsp3) is 0.290. The Morgan fingerprint density at radius 1 is 0.889 bits per heavy atom. The Hall–Kier alpha value is -3.86. The summed E-state index contributed by atoms with van der Waals surface area (Å²) < 4.78 is 0. The van der Waals surface area contributed by atoms with Crippen molar-refractivity contribution in [3.63, 3.8) is 0 Å². The van der Waals surface area contributed by atoms with Crippen molar-refractivity contribution in [3.05, 3.63) is 105 Å². The monoisotopic (exact) mass is 483 g/mol. The second-order valence-corrected chi connectivity index (χ2v) is 10.7. The summed E-state index contributed by atoms with van der Waals surface area (Å²) in [5, 5.41) is 21.4. The van der Waals surface area contributed by atoms with Gasteiger partial charge >= 0.3 is 0 Å². The van der Waals surface area contributed by atoms with Gasteiger partial charge in [-0.2, -0.15) is 0 Å². The van der Waals surface area contributed by atoms with E-state index in [-0.39, 0.29) is 29.0 Å². The number of aromatic hydroxyl groups is 1. The van der Waals surface area contributed by atoms with Crippen molar-refractivity contribution in [1.82, 2.24) is 4.90 Å². The number of carbonyl (C=O) groups is 2. The van der Waals surface area contributed by atoms with E-state index >= 15 is 0 Å². The highest BCUT2D eigenvalue weighted by molar-refractivity contribution is 6.46. The predicted octanol–water partition coefficient (Wildman–Crippen LogP) is 6.24. The molecule has 186 valence electrons. The molecule has 1 atom stereocenters. The van der Waals surface area contributed by atoms with Crippen LogP contribution in [-0.2, 0) is 21.5 Å². The Morgan fingerprint density at radius 2 is 1.53 bits per heavy atom. The van der Waals surface area contributed by atoms with Crippen LogP contribution in [0.25, 0.3) is 5.76 Å². The average molecular weight is 484 g/mol. The molecule has 3 aromatic rings. The summed E-state index contributed by atoms with van der Waals surface area (Å²) in [7, 11) is 0. The maximum Gasteiger partial charge on any atom is 0.295 e. The van der Waals surface area contributed by atoms with Gasteiger partial charge in [-0.05, 0) is 72.2 Å². The SMILES string of the molecule is Cc1ccc(C)c(CN2C(=O)C(=O)/C(=C(/O)c3cc(C(C)(C)C)ccc3C)C2c2ccc(O)cc2)c1. The van der Waals surface area contributed by atoms with Crippen LogP contribution in [0.5, 0.6) is 5.75 Å². The molecule has 1 saturated heterocycles. The number of aryl methyl sites for hydroxylation is 3. The van der Waals surface area contributed by atoms with E-state index in [4.69, 9.17) is 0 Å². The van der Waals surface area contributed by atoms with Crippen molar-refractivity contribution in [2.45, 2.75) is 59.5 Å². The Balaban J connectivity index is 1.92. The fourth-order valence-electron chi connectivity index (χ4n) is 4.69. The number of Topliss-reactive ketones (excluding diaryl/α,β-unsaturated/α-hetero) is 1. The first-order chi connectivity index (χ1) is 16.9. The molecule has 0 radical (unpaired) electrons. The van der Waals surface area contributed by atoms with Crippen LogP contribution in [0.4, 0.5) is 0 Å². The van der Waals surface area contributed by atoms with E-state index in [1.54, 1.807) is 12.1 Å². The van der Waals surface area contributed by atoms with Crippen LogP contribution in [0.1, 0.15) is 65.8 Å². The zero-order valence-electron chi connectivity index (χ0n) is 21.7. The van der Waals surface area contributed by atoms with Crippen LogP contribution in [0.2, 0.25) is 0 Å². The van der Waals surface area contributed by atoms with Crippen molar-refractivity contribution < 1.29 is 19.8 Å². The molecule has 0 aliphatic carbocycles. The van der Waals surface area contributed by atoms with Crippen LogP contribution < -0.4 is 0 Å². The minimum atomic E-state index is -0.789. The Morgan fingerprint density at radius 3 is 2.17 bits per heavy atom. The third-order valence-corrected chi connectivity index (χ3v) is 6.95. The number of ketones is 1. The fourth-order valence-corrected chi connectivity index (χ4v) is 4.69. The lowest BCUT2D eigenvalue weighted by molar-refractivity contribution is -0.140. The summed E-state index contributed by atoms with van der Waals surface area (Å²) in [4.78, 5) is 28.4. The van der Waals surface area contributed by atoms with Crippen LogP contribution in [-0.4, -0.2) is 26.8 Å². The van der Waals surface area contributed by atoms with Gasteiger partial charge < -0.3 is 15.1 Å². The van der Waals surface area contributed by atoms with E-state index in [0.29, 0.717) is 11.1 Å². The standard InChI is InChI=1S/C31H33NO4/c1-18-7-8-19(2)22(15-18)17-32-27(21-10-13-24(33)14-11-21)26(29(35)30(32)36)28(34)25-16-23(31(4,5)6)12-9-20(25)3/h7-16,27,33-34H,17H2,1-6H3/b28-26+. The van der Waals surface area contributed by atoms with E-state index in [1.807, 2.05) is 57.2 Å².